The molecule has 0 radical (unpaired) electrons. The summed E-state index contributed by atoms with van der Waals surface area (Å²) < 4.78 is 6.95. The fraction of sp³-hybridized carbons (Fsp3) is 0.526. The van der Waals surface area contributed by atoms with Gasteiger partial charge in [-0.15, -0.1) is 0 Å². The SMILES string of the molecule is CO[C@H]1C[C@@H](O)C12CCN(C(=O)c1cnc3cccc(C)n3c1=O)CC2. The van der Waals surface area contributed by atoms with E-state index in [-0.39, 0.29) is 34.7 Å². The highest BCUT2D eigenvalue weighted by Gasteiger charge is 2.56. The van der Waals surface area contributed by atoms with Crippen LogP contribution in [-0.4, -0.2) is 57.7 Å². The van der Waals surface area contributed by atoms with Crippen LogP contribution < -0.4 is 5.56 Å². The van der Waals surface area contributed by atoms with Crippen LogP contribution >= 0.6 is 0 Å². The van der Waals surface area contributed by atoms with Crippen molar-refractivity contribution in [3.8, 4) is 0 Å². The number of aryl methyl sites for hydroxylation is 1. The third-order valence-corrected chi connectivity index (χ3v) is 6.16. The number of aliphatic hydroxyl groups excluding tert-OH is 1. The molecule has 1 N–H and O–H groups in total. The smallest absolute Gasteiger partial charge is 0.270 e. The molecule has 2 aromatic rings. The molecule has 1 saturated carbocycles. The third kappa shape index (κ3) is 2.38. The largest absolute Gasteiger partial charge is 0.392 e. The molecule has 2 atom stereocenters. The van der Waals surface area contributed by atoms with Crippen molar-refractivity contribution in [1.82, 2.24) is 14.3 Å². The van der Waals surface area contributed by atoms with Crippen molar-refractivity contribution >= 4 is 11.6 Å². The van der Waals surface area contributed by atoms with Crippen LogP contribution in [0.3, 0.4) is 0 Å². The highest BCUT2D eigenvalue weighted by molar-refractivity contribution is 5.93. The Balaban J connectivity index is 1.58. The predicted octanol–water partition coefficient (Wildman–Crippen LogP) is 1.00. The van der Waals surface area contributed by atoms with Crippen molar-refractivity contribution < 1.29 is 14.6 Å². The van der Waals surface area contributed by atoms with Crippen molar-refractivity contribution in [1.29, 1.82) is 0 Å². The first-order chi connectivity index (χ1) is 12.5. The molecular weight excluding hydrogens is 334 g/mol. The molecule has 7 nitrogen and oxygen atoms in total. The highest BCUT2D eigenvalue weighted by Crippen LogP contribution is 2.50. The summed E-state index contributed by atoms with van der Waals surface area (Å²) in [4.78, 5) is 31.7. The summed E-state index contributed by atoms with van der Waals surface area (Å²) in [5, 5.41) is 10.2. The summed E-state index contributed by atoms with van der Waals surface area (Å²) in [5.74, 6) is -0.294. The Morgan fingerprint density at radius 1 is 1.35 bits per heavy atom. The van der Waals surface area contributed by atoms with Gasteiger partial charge in [0.1, 0.15) is 11.2 Å². The van der Waals surface area contributed by atoms with E-state index in [1.165, 1.54) is 10.6 Å². The van der Waals surface area contributed by atoms with E-state index >= 15 is 0 Å². The molecule has 1 aliphatic heterocycles. The average molecular weight is 357 g/mol. The van der Waals surface area contributed by atoms with Gasteiger partial charge in [0.15, 0.2) is 0 Å². The first-order valence-corrected chi connectivity index (χ1v) is 8.95. The van der Waals surface area contributed by atoms with Gasteiger partial charge in [-0.2, -0.15) is 0 Å². The van der Waals surface area contributed by atoms with E-state index < -0.39 is 0 Å². The first-order valence-electron chi connectivity index (χ1n) is 8.95. The van der Waals surface area contributed by atoms with Crippen molar-refractivity contribution in [2.75, 3.05) is 20.2 Å². The Bertz CT molecular complexity index is 915. The van der Waals surface area contributed by atoms with E-state index in [0.717, 1.165) is 5.69 Å². The molecule has 0 unspecified atom stereocenters. The second-order valence-corrected chi connectivity index (χ2v) is 7.34. The van der Waals surface area contributed by atoms with Crippen LogP contribution in [0.4, 0.5) is 0 Å². The Morgan fingerprint density at radius 3 is 2.73 bits per heavy atom. The molecule has 3 heterocycles. The molecule has 1 amide bonds. The van der Waals surface area contributed by atoms with E-state index in [2.05, 4.69) is 4.98 Å². The number of pyridine rings is 1. The van der Waals surface area contributed by atoms with Gasteiger partial charge >= 0.3 is 0 Å². The van der Waals surface area contributed by atoms with Crippen molar-refractivity contribution in [3.63, 3.8) is 0 Å². The number of likely N-dealkylation sites (tertiary alicyclic amines) is 1. The van der Waals surface area contributed by atoms with Crippen LogP contribution in [0, 0.1) is 12.3 Å². The zero-order valence-electron chi connectivity index (χ0n) is 15.0. The second kappa shape index (κ2) is 6.17. The van der Waals surface area contributed by atoms with Gasteiger partial charge in [0.25, 0.3) is 11.5 Å². The van der Waals surface area contributed by atoms with E-state index in [4.69, 9.17) is 4.74 Å². The van der Waals surface area contributed by atoms with Gasteiger partial charge in [-0.3, -0.25) is 14.0 Å². The summed E-state index contributed by atoms with van der Waals surface area (Å²) in [6.45, 7) is 2.83. The summed E-state index contributed by atoms with van der Waals surface area (Å²) in [6, 6.07) is 5.40. The van der Waals surface area contributed by atoms with Crippen LogP contribution in [0.15, 0.2) is 29.2 Å². The normalized spacial score (nSPS) is 24.7. The second-order valence-electron chi connectivity index (χ2n) is 7.34. The Morgan fingerprint density at radius 2 is 2.08 bits per heavy atom. The maximum atomic E-state index is 12.9. The topological polar surface area (TPSA) is 84.1 Å². The Kier molecular flexibility index (Phi) is 4.08. The summed E-state index contributed by atoms with van der Waals surface area (Å²) >= 11 is 0. The minimum absolute atomic E-state index is 0.0466. The lowest BCUT2D eigenvalue weighted by Crippen LogP contribution is -2.62. The summed E-state index contributed by atoms with van der Waals surface area (Å²) in [5.41, 5.74) is 0.776. The number of piperidine rings is 1. The number of methoxy groups -OCH3 is 1. The standard InChI is InChI=1S/C19H23N3O4/c1-12-4-3-5-16-20-11-13(18(25)22(12)16)17(24)21-8-6-19(7-9-21)14(23)10-15(19)26-2/h3-5,11,14-15,23H,6-10H2,1-2H3/t14-,15+/m1/s1. The number of aliphatic hydroxyl groups is 1. The lowest BCUT2D eigenvalue weighted by atomic mass is 9.58. The maximum Gasteiger partial charge on any atom is 0.270 e. The monoisotopic (exact) mass is 357 g/mol. The van der Waals surface area contributed by atoms with Crippen LogP contribution in [0.25, 0.3) is 5.65 Å². The van der Waals surface area contributed by atoms with Gasteiger partial charge in [0.05, 0.1) is 12.2 Å². The predicted molar refractivity (Wildman–Crippen MR) is 95.2 cm³/mol. The minimum atomic E-state index is -0.375. The number of aromatic nitrogens is 2. The number of hydrogen-bond donors (Lipinski definition) is 1. The maximum absolute atomic E-state index is 12.9. The van der Waals surface area contributed by atoms with E-state index in [1.807, 2.05) is 19.1 Å². The molecule has 4 rings (SSSR count). The zero-order valence-corrected chi connectivity index (χ0v) is 15.0. The van der Waals surface area contributed by atoms with E-state index in [1.54, 1.807) is 18.1 Å². The van der Waals surface area contributed by atoms with Crippen LogP contribution in [0.1, 0.15) is 35.3 Å². The Hall–Kier alpha value is -2.25. The highest BCUT2D eigenvalue weighted by atomic mass is 16.5. The zero-order chi connectivity index (χ0) is 18.5. The molecular formula is C19H23N3O4. The number of carbonyl (C=O) groups is 1. The van der Waals surface area contributed by atoms with Crippen molar-refractivity contribution in [2.24, 2.45) is 5.41 Å². The fourth-order valence-corrected chi connectivity index (χ4v) is 4.43. The average Bonchev–Trinajstić information content (AvgIpc) is 2.66. The van der Waals surface area contributed by atoms with E-state index in [0.29, 0.717) is 38.0 Å². The number of nitrogens with zero attached hydrogens (tertiary/aromatic N) is 3. The summed E-state index contributed by atoms with van der Waals surface area (Å²) in [6.07, 6.45) is 3.06. The first kappa shape index (κ1) is 17.2. The quantitative estimate of drug-likeness (QED) is 0.867. The number of rotatable bonds is 2. The van der Waals surface area contributed by atoms with Gasteiger partial charge in [0.2, 0.25) is 0 Å². The molecule has 2 aliphatic rings. The third-order valence-electron chi connectivity index (χ3n) is 6.16. The Labute approximate surface area is 151 Å². The van der Waals surface area contributed by atoms with Gasteiger partial charge < -0.3 is 14.7 Å². The molecule has 0 bridgehead atoms. The molecule has 26 heavy (non-hydrogen) atoms. The molecule has 2 aromatic heterocycles. The van der Waals surface area contributed by atoms with Crippen LogP contribution in [0.2, 0.25) is 0 Å². The molecule has 138 valence electrons. The van der Waals surface area contributed by atoms with Crippen LogP contribution in [-0.2, 0) is 4.74 Å². The number of ether oxygens (including phenoxy) is 1. The number of hydrogen-bond acceptors (Lipinski definition) is 5. The number of amides is 1. The fourth-order valence-electron chi connectivity index (χ4n) is 4.43. The minimum Gasteiger partial charge on any atom is -0.392 e. The molecule has 7 heteroatoms. The molecule has 2 fully saturated rings. The lowest BCUT2D eigenvalue weighted by molar-refractivity contribution is -0.199. The van der Waals surface area contributed by atoms with Gasteiger partial charge in [-0.05, 0) is 31.9 Å². The number of carbonyl (C=O) groups excluding carboxylic acids is 1. The molecule has 1 saturated heterocycles. The van der Waals surface area contributed by atoms with Crippen molar-refractivity contribution in [3.05, 3.63) is 46.0 Å². The molecule has 0 aromatic carbocycles. The van der Waals surface area contributed by atoms with Crippen molar-refractivity contribution in [2.45, 2.75) is 38.4 Å². The van der Waals surface area contributed by atoms with Gasteiger partial charge in [-0.1, -0.05) is 6.07 Å². The van der Waals surface area contributed by atoms with Gasteiger partial charge in [0, 0.05) is 43.9 Å². The molecule has 1 aliphatic carbocycles. The number of fused-ring (bicyclic) bond motifs is 1. The van der Waals surface area contributed by atoms with Gasteiger partial charge in [-0.25, -0.2) is 4.98 Å². The summed E-state index contributed by atoms with van der Waals surface area (Å²) in [7, 11) is 1.67. The van der Waals surface area contributed by atoms with Crippen LogP contribution in [0.5, 0.6) is 0 Å². The van der Waals surface area contributed by atoms with E-state index in [9.17, 15) is 14.7 Å². The lowest BCUT2D eigenvalue weighted by Gasteiger charge is -2.56. The molecule has 1 spiro atoms.